The second-order valence-electron chi connectivity index (χ2n) is 3.95. The quantitative estimate of drug-likeness (QED) is 0.843. The van der Waals surface area contributed by atoms with Gasteiger partial charge >= 0.3 is 5.97 Å². The van der Waals surface area contributed by atoms with Crippen molar-refractivity contribution in [1.82, 2.24) is 10.3 Å². The number of carboxylic acid groups (broad SMARTS) is 1. The van der Waals surface area contributed by atoms with Gasteiger partial charge in [0.25, 0.3) is 0 Å². The largest absolute Gasteiger partial charge is 0.486 e. The topological polar surface area (TPSA) is 85.5 Å². The van der Waals surface area contributed by atoms with E-state index in [1.165, 1.54) is 6.08 Å². The molecule has 0 radical (unpaired) electrons. The van der Waals surface area contributed by atoms with Crippen molar-refractivity contribution in [3.05, 3.63) is 45.7 Å². The average Bonchev–Trinajstić information content (AvgIpc) is 2.81. The first-order valence-corrected chi connectivity index (χ1v) is 6.47. The van der Waals surface area contributed by atoms with E-state index in [1.807, 2.05) is 0 Å². The second kappa shape index (κ2) is 6.33. The minimum absolute atomic E-state index is 0.248. The first kappa shape index (κ1) is 14.3. The molecule has 0 saturated carbocycles. The number of nitrogens with zero attached hydrogens (tertiary/aromatic N) is 2. The summed E-state index contributed by atoms with van der Waals surface area (Å²) in [4.78, 5) is 10.4. The van der Waals surface area contributed by atoms with Gasteiger partial charge < -0.3 is 9.84 Å². The molecule has 0 bridgehead atoms. The molecule has 0 saturated heterocycles. The number of ether oxygens (including phenoxy) is 1. The fraction of sp³-hybridized carbons (Fsp3) is 0.154. The van der Waals surface area contributed by atoms with Crippen LogP contribution in [0.1, 0.15) is 17.0 Å². The molecule has 104 valence electrons. The predicted octanol–water partition coefficient (Wildman–Crippen LogP) is 2.82. The fourth-order valence-corrected chi connectivity index (χ4v) is 1.94. The average molecular weight is 339 g/mol. The van der Waals surface area contributed by atoms with Crippen molar-refractivity contribution in [2.75, 3.05) is 0 Å². The Morgan fingerprint density at radius 1 is 1.50 bits per heavy atom. The fourth-order valence-electron chi connectivity index (χ4n) is 1.43. The van der Waals surface area contributed by atoms with Gasteiger partial charge in [0, 0.05) is 6.08 Å². The molecule has 1 heterocycles. The number of aromatic nitrogens is 2. The molecule has 7 heteroatoms. The van der Waals surface area contributed by atoms with E-state index >= 15 is 0 Å². The Balaban J connectivity index is 2.06. The molecular weight excluding hydrogens is 328 g/mol. The molecule has 1 aromatic carbocycles. The standard InChI is InChI=1S/C13H11BrN2O4/c1-8-11(16-20-15-8)7-19-12-4-2-9(6-10(12)14)3-5-13(17)18/h2-6H,7H2,1H3,(H,17,18). The van der Waals surface area contributed by atoms with E-state index < -0.39 is 5.97 Å². The van der Waals surface area contributed by atoms with Crippen LogP contribution in [0.3, 0.4) is 0 Å². The van der Waals surface area contributed by atoms with Gasteiger partial charge in [0.2, 0.25) is 0 Å². The van der Waals surface area contributed by atoms with Gasteiger partial charge in [-0.15, -0.1) is 0 Å². The van der Waals surface area contributed by atoms with Crippen LogP contribution in [0.25, 0.3) is 6.08 Å². The van der Waals surface area contributed by atoms with Crippen molar-refractivity contribution in [1.29, 1.82) is 0 Å². The molecule has 0 fully saturated rings. The SMILES string of the molecule is Cc1nonc1COc1ccc(C=CC(=O)O)cc1Br. The first-order chi connectivity index (χ1) is 9.56. The van der Waals surface area contributed by atoms with Crippen LogP contribution in [0, 0.1) is 6.92 Å². The van der Waals surface area contributed by atoms with Crippen LogP contribution in [0.4, 0.5) is 0 Å². The van der Waals surface area contributed by atoms with E-state index in [-0.39, 0.29) is 6.61 Å². The third-order valence-corrected chi connectivity index (χ3v) is 3.10. The van der Waals surface area contributed by atoms with Gasteiger partial charge in [0.05, 0.1) is 4.47 Å². The smallest absolute Gasteiger partial charge is 0.328 e. The lowest BCUT2D eigenvalue weighted by Gasteiger charge is -2.07. The summed E-state index contributed by atoms with van der Waals surface area (Å²) in [5.74, 6) is -0.365. The molecule has 0 aliphatic heterocycles. The molecule has 0 atom stereocenters. The molecule has 0 amide bonds. The van der Waals surface area contributed by atoms with Crippen molar-refractivity contribution < 1.29 is 19.3 Å². The lowest BCUT2D eigenvalue weighted by molar-refractivity contribution is -0.131. The second-order valence-corrected chi connectivity index (χ2v) is 4.80. The van der Waals surface area contributed by atoms with Gasteiger partial charge in [-0.3, -0.25) is 0 Å². The van der Waals surface area contributed by atoms with E-state index in [2.05, 4.69) is 30.9 Å². The minimum Gasteiger partial charge on any atom is -0.486 e. The Morgan fingerprint density at radius 3 is 2.90 bits per heavy atom. The van der Waals surface area contributed by atoms with E-state index in [1.54, 1.807) is 25.1 Å². The minimum atomic E-state index is -0.990. The lowest BCUT2D eigenvalue weighted by atomic mass is 10.2. The summed E-state index contributed by atoms with van der Waals surface area (Å²) in [6.45, 7) is 2.03. The van der Waals surface area contributed by atoms with Gasteiger partial charge in [-0.2, -0.15) is 0 Å². The summed E-state index contributed by atoms with van der Waals surface area (Å²) in [6.07, 6.45) is 2.58. The van der Waals surface area contributed by atoms with Gasteiger partial charge in [-0.25, -0.2) is 9.42 Å². The summed E-state index contributed by atoms with van der Waals surface area (Å²) >= 11 is 3.37. The molecule has 6 nitrogen and oxygen atoms in total. The predicted molar refractivity (Wildman–Crippen MR) is 74.2 cm³/mol. The summed E-state index contributed by atoms with van der Waals surface area (Å²) in [5.41, 5.74) is 2.07. The number of benzene rings is 1. The lowest BCUT2D eigenvalue weighted by Crippen LogP contribution is -1.98. The zero-order valence-corrected chi connectivity index (χ0v) is 12.1. The summed E-state index contributed by atoms with van der Waals surface area (Å²) < 4.78 is 10.9. The highest BCUT2D eigenvalue weighted by atomic mass is 79.9. The normalized spacial score (nSPS) is 10.9. The van der Waals surface area contributed by atoms with Crippen LogP contribution in [0.2, 0.25) is 0 Å². The van der Waals surface area contributed by atoms with Crippen molar-refractivity contribution in [2.24, 2.45) is 0 Å². The van der Waals surface area contributed by atoms with E-state index in [0.717, 1.165) is 16.1 Å². The Labute approximate surface area is 123 Å². The number of halogens is 1. The van der Waals surface area contributed by atoms with Crippen LogP contribution in [-0.2, 0) is 11.4 Å². The molecule has 1 aromatic heterocycles. The Morgan fingerprint density at radius 2 is 2.30 bits per heavy atom. The van der Waals surface area contributed by atoms with Crippen LogP contribution in [-0.4, -0.2) is 21.4 Å². The summed E-state index contributed by atoms with van der Waals surface area (Å²) in [5, 5.41) is 16.0. The number of carbonyl (C=O) groups is 1. The zero-order chi connectivity index (χ0) is 14.5. The summed E-state index contributed by atoms with van der Waals surface area (Å²) in [7, 11) is 0. The highest BCUT2D eigenvalue weighted by Gasteiger charge is 2.08. The maximum absolute atomic E-state index is 10.4. The van der Waals surface area contributed by atoms with Crippen LogP contribution in [0.5, 0.6) is 5.75 Å². The number of hydrogen-bond donors (Lipinski definition) is 1. The monoisotopic (exact) mass is 338 g/mol. The molecule has 0 aliphatic rings. The number of aryl methyl sites for hydroxylation is 1. The van der Waals surface area contributed by atoms with Crippen molar-refractivity contribution in [3.8, 4) is 5.75 Å². The van der Waals surface area contributed by atoms with Crippen LogP contribution < -0.4 is 4.74 Å². The van der Waals surface area contributed by atoms with Gasteiger partial charge in [-0.1, -0.05) is 16.4 Å². The number of rotatable bonds is 5. The van der Waals surface area contributed by atoms with Crippen LogP contribution in [0.15, 0.2) is 33.4 Å². The number of aliphatic carboxylic acids is 1. The van der Waals surface area contributed by atoms with Gasteiger partial charge in [0.15, 0.2) is 0 Å². The Bertz CT molecular complexity index is 652. The summed E-state index contributed by atoms with van der Waals surface area (Å²) in [6, 6.07) is 5.27. The van der Waals surface area contributed by atoms with E-state index in [4.69, 9.17) is 9.84 Å². The third-order valence-electron chi connectivity index (χ3n) is 2.49. The first-order valence-electron chi connectivity index (χ1n) is 5.67. The van der Waals surface area contributed by atoms with Crippen molar-refractivity contribution in [3.63, 3.8) is 0 Å². The van der Waals surface area contributed by atoms with E-state index in [0.29, 0.717) is 17.1 Å². The molecule has 0 spiro atoms. The molecule has 0 unspecified atom stereocenters. The molecular formula is C13H11BrN2O4. The zero-order valence-electron chi connectivity index (χ0n) is 10.5. The highest BCUT2D eigenvalue weighted by molar-refractivity contribution is 9.10. The molecule has 0 aliphatic carbocycles. The maximum atomic E-state index is 10.4. The van der Waals surface area contributed by atoms with Gasteiger partial charge in [0.1, 0.15) is 23.7 Å². The maximum Gasteiger partial charge on any atom is 0.328 e. The Hall–Kier alpha value is -2.15. The number of carboxylic acids is 1. The van der Waals surface area contributed by atoms with E-state index in [9.17, 15) is 4.79 Å². The number of hydrogen-bond acceptors (Lipinski definition) is 5. The Kier molecular flexibility index (Phi) is 4.52. The van der Waals surface area contributed by atoms with Crippen molar-refractivity contribution >= 4 is 28.0 Å². The third kappa shape index (κ3) is 3.67. The molecule has 20 heavy (non-hydrogen) atoms. The van der Waals surface area contributed by atoms with Crippen molar-refractivity contribution in [2.45, 2.75) is 13.5 Å². The molecule has 2 rings (SSSR count). The molecule has 1 N–H and O–H groups in total. The van der Waals surface area contributed by atoms with Crippen LogP contribution >= 0.6 is 15.9 Å². The molecule has 2 aromatic rings. The highest BCUT2D eigenvalue weighted by Crippen LogP contribution is 2.27. The van der Waals surface area contributed by atoms with Gasteiger partial charge in [-0.05, 0) is 46.6 Å².